The van der Waals surface area contributed by atoms with E-state index in [2.05, 4.69) is 44.1 Å². The van der Waals surface area contributed by atoms with Crippen molar-refractivity contribution in [3.05, 3.63) is 17.2 Å². The van der Waals surface area contributed by atoms with Crippen LogP contribution in [0.4, 0.5) is 11.4 Å². The van der Waals surface area contributed by atoms with Crippen LogP contribution < -0.4 is 9.62 Å². The highest BCUT2D eigenvalue weighted by Gasteiger charge is 2.18. The maximum absolute atomic E-state index is 11.0. The van der Waals surface area contributed by atoms with Crippen LogP contribution in [0.1, 0.15) is 39.5 Å². The van der Waals surface area contributed by atoms with E-state index in [0.29, 0.717) is 22.1 Å². The lowest BCUT2D eigenvalue weighted by molar-refractivity contribution is 0.619. The maximum Gasteiger partial charge on any atom is 0.222 e. The Hall–Kier alpha value is -1.87. The van der Waals surface area contributed by atoms with Crippen LogP contribution in [0.5, 0.6) is 0 Å². The van der Waals surface area contributed by atoms with E-state index in [-0.39, 0.29) is 0 Å². The molecule has 0 fully saturated rings. The number of rotatable bonds is 10. The van der Waals surface area contributed by atoms with Gasteiger partial charge in [-0.1, -0.05) is 38.3 Å². The topological polar surface area (TPSA) is 104 Å². The molecule has 2 rings (SSSR count). The SMILES string of the molecule is CCCCN(CCCC)c1cc(Cl)c(N[SH](=O)=O)cc1-c1nnn[nH]1. The first-order chi connectivity index (χ1) is 12.1. The molecule has 10 heteroatoms. The lowest BCUT2D eigenvalue weighted by Crippen LogP contribution is -2.26. The fourth-order valence-electron chi connectivity index (χ4n) is 2.52. The van der Waals surface area contributed by atoms with Gasteiger partial charge in [-0.05, 0) is 35.4 Å². The van der Waals surface area contributed by atoms with Crippen molar-refractivity contribution in [1.29, 1.82) is 0 Å². The lowest BCUT2D eigenvalue weighted by atomic mass is 10.1. The molecule has 0 unspecified atom stereocenters. The molecule has 0 bridgehead atoms. The maximum atomic E-state index is 11.0. The number of unbranched alkanes of at least 4 members (excludes halogenated alkanes) is 2. The van der Waals surface area contributed by atoms with Crippen LogP contribution in [-0.2, 0) is 10.9 Å². The number of hydrogen-bond donors (Lipinski definition) is 3. The van der Waals surface area contributed by atoms with Crippen molar-refractivity contribution < 1.29 is 8.42 Å². The van der Waals surface area contributed by atoms with Gasteiger partial charge in [-0.2, -0.15) is 0 Å². The summed E-state index contributed by atoms with van der Waals surface area (Å²) < 4.78 is 24.4. The Balaban J connectivity index is 2.50. The summed E-state index contributed by atoms with van der Waals surface area (Å²) in [5.41, 5.74) is 1.90. The van der Waals surface area contributed by atoms with E-state index in [1.165, 1.54) is 0 Å². The van der Waals surface area contributed by atoms with Gasteiger partial charge in [-0.3, -0.25) is 4.72 Å². The van der Waals surface area contributed by atoms with Crippen LogP contribution in [0, 0.1) is 0 Å². The molecular formula is C15H23ClN6O2S. The summed E-state index contributed by atoms with van der Waals surface area (Å²) in [4.78, 5) is 2.25. The molecule has 0 radical (unpaired) electrons. The molecule has 0 atom stereocenters. The third-order valence-corrected chi connectivity index (χ3v) is 4.54. The van der Waals surface area contributed by atoms with Gasteiger partial charge in [-0.15, -0.1) is 5.10 Å². The Morgan fingerprint density at radius 2 is 1.88 bits per heavy atom. The molecule has 0 spiro atoms. The van der Waals surface area contributed by atoms with Gasteiger partial charge in [0.1, 0.15) is 0 Å². The minimum Gasteiger partial charge on any atom is -0.371 e. The highest BCUT2D eigenvalue weighted by Crippen LogP contribution is 2.36. The quantitative estimate of drug-likeness (QED) is 0.542. The third-order valence-electron chi connectivity index (χ3n) is 3.80. The molecule has 0 aliphatic rings. The molecule has 8 nitrogen and oxygen atoms in total. The molecule has 1 heterocycles. The molecular weight excluding hydrogens is 364 g/mol. The van der Waals surface area contributed by atoms with E-state index >= 15 is 0 Å². The van der Waals surface area contributed by atoms with Gasteiger partial charge in [0.15, 0.2) is 5.82 Å². The monoisotopic (exact) mass is 386 g/mol. The molecule has 0 aliphatic heterocycles. The van der Waals surface area contributed by atoms with Crippen LogP contribution in [-0.4, -0.2) is 42.1 Å². The number of halogens is 1. The average molecular weight is 387 g/mol. The van der Waals surface area contributed by atoms with Crippen molar-refractivity contribution in [2.24, 2.45) is 0 Å². The molecule has 2 N–H and O–H groups in total. The zero-order valence-electron chi connectivity index (χ0n) is 14.3. The van der Waals surface area contributed by atoms with E-state index in [1.54, 1.807) is 12.1 Å². The molecule has 1 aromatic carbocycles. The standard InChI is InChI=1S/C15H23ClN6O2S/c1-3-5-7-22(8-6-4-2)14-10-12(16)13(19-25(23)24)9-11(14)15-17-20-21-18-15/h9-10,25H,3-8H2,1-2H3,(H,19,23,24)(H,17,18,20,21). The molecule has 0 aliphatic carbocycles. The Morgan fingerprint density at radius 1 is 1.20 bits per heavy atom. The van der Waals surface area contributed by atoms with E-state index in [4.69, 9.17) is 11.6 Å². The van der Waals surface area contributed by atoms with Crippen molar-refractivity contribution in [3.8, 4) is 11.4 Å². The minimum atomic E-state index is -2.82. The summed E-state index contributed by atoms with van der Waals surface area (Å²) in [5.74, 6) is 0.467. The van der Waals surface area contributed by atoms with Crippen LogP contribution in [0.3, 0.4) is 0 Å². The number of tetrazole rings is 1. The van der Waals surface area contributed by atoms with Gasteiger partial charge in [0.2, 0.25) is 10.9 Å². The lowest BCUT2D eigenvalue weighted by Gasteiger charge is -2.27. The number of H-pyrrole nitrogens is 1. The number of aromatic nitrogens is 4. The molecule has 0 saturated carbocycles. The van der Waals surface area contributed by atoms with Crippen molar-refractivity contribution in [3.63, 3.8) is 0 Å². The number of nitrogens with one attached hydrogen (secondary N) is 2. The van der Waals surface area contributed by atoms with E-state index in [9.17, 15) is 8.42 Å². The first-order valence-corrected chi connectivity index (χ1v) is 9.86. The first kappa shape index (κ1) is 19.5. The Bertz CT molecular complexity index is 735. The van der Waals surface area contributed by atoms with E-state index < -0.39 is 10.9 Å². The number of nitrogens with zero attached hydrogens (tertiary/aromatic N) is 4. The molecule has 25 heavy (non-hydrogen) atoms. The van der Waals surface area contributed by atoms with Crippen LogP contribution in [0.25, 0.3) is 11.4 Å². The Labute approximate surface area is 154 Å². The average Bonchev–Trinajstić information content (AvgIpc) is 3.11. The normalized spacial score (nSPS) is 11.0. The highest BCUT2D eigenvalue weighted by atomic mass is 35.5. The van der Waals surface area contributed by atoms with Gasteiger partial charge >= 0.3 is 0 Å². The predicted octanol–water partition coefficient (Wildman–Crippen LogP) is 2.87. The third kappa shape index (κ3) is 5.30. The number of thiol groups is 1. The summed E-state index contributed by atoms with van der Waals surface area (Å²) >= 11 is 6.30. The Kier molecular flexibility index (Phi) is 7.45. The number of benzene rings is 1. The zero-order chi connectivity index (χ0) is 18.2. The van der Waals surface area contributed by atoms with Gasteiger partial charge in [-0.25, -0.2) is 13.5 Å². The number of anilines is 2. The summed E-state index contributed by atoms with van der Waals surface area (Å²) in [6.07, 6.45) is 4.24. The second kappa shape index (κ2) is 9.57. The summed E-state index contributed by atoms with van der Waals surface area (Å²) in [7, 11) is -2.82. The van der Waals surface area contributed by atoms with Crippen LogP contribution in [0.2, 0.25) is 5.02 Å². The van der Waals surface area contributed by atoms with Gasteiger partial charge in [0.25, 0.3) is 0 Å². The van der Waals surface area contributed by atoms with Gasteiger partial charge < -0.3 is 4.90 Å². The minimum absolute atomic E-state index is 0.305. The number of aromatic amines is 1. The predicted molar refractivity (Wildman–Crippen MR) is 101 cm³/mol. The largest absolute Gasteiger partial charge is 0.371 e. The van der Waals surface area contributed by atoms with Crippen molar-refractivity contribution >= 4 is 33.9 Å². The van der Waals surface area contributed by atoms with E-state index in [1.807, 2.05) is 0 Å². The van der Waals surface area contributed by atoms with Crippen molar-refractivity contribution in [2.45, 2.75) is 39.5 Å². The summed E-state index contributed by atoms with van der Waals surface area (Å²) in [6.45, 7) is 6.04. The second-order valence-corrected chi connectivity index (χ2v) is 6.81. The Morgan fingerprint density at radius 3 is 2.40 bits per heavy atom. The fraction of sp³-hybridized carbons (Fsp3) is 0.533. The molecule has 0 amide bonds. The highest BCUT2D eigenvalue weighted by molar-refractivity contribution is 7.73. The first-order valence-electron chi connectivity index (χ1n) is 8.30. The van der Waals surface area contributed by atoms with E-state index in [0.717, 1.165) is 44.5 Å². The van der Waals surface area contributed by atoms with Crippen molar-refractivity contribution in [1.82, 2.24) is 20.6 Å². The molecule has 138 valence electrons. The fourth-order valence-corrected chi connectivity index (χ4v) is 3.17. The zero-order valence-corrected chi connectivity index (χ0v) is 16.0. The molecule has 0 saturated heterocycles. The summed E-state index contributed by atoms with van der Waals surface area (Å²) in [5, 5.41) is 14.3. The molecule has 1 aromatic heterocycles. The smallest absolute Gasteiger partial charge is 0.222 e. The van der Waals surface area contributed by atoms with Crippen LogP contribution in [0.15, 0.2) is 12.1 Å². The molecule has 2 aromatic rings. The second-order valence-electron chi connectivity index (χ2n) is 5.66. The number of hydrogen-bond acceptors (Lipinski definition) is 6. The summed E-state index contributed by atoms with van der Waals surface area (Å²) in [6, 6.07) is 3.43. The van der Waals surface area contributed by atoms with Crippen LogP contribution >= 0.6 is 11.6 Å². The van der Waals surface area contributed by atoms with Crippen molar-refractivity contribution in [2.75, 3.05) is 22.7 Å². The van der Waals surface area contributed by atoms with Gasteiger partial charge in [0, 0.05) is 24.3 Å². The van der Waals surface area contributed by atoms with Gasteiger partial charge in [0.05, 0.1) is 10.7 Å².